The number of rotatable bonds is 9. The van der Waals surface area contributed by atoms with Crippen molar-refractivity contribution in [2.45, 2.75) is 51.1 Å². The summed E-state index contributed by atoms with van der Waals surface area (Å²) in [6, 6.07) is 16.5. The molecular weight excluding hydrogens is 433 g/mol. The smallest absolute Gasteiger partial charge is 0.426 e. The molecule has 3 amide bonds. The second-order valence-corrected chi connectivity index (χ2v) is 8.96. The molecule has 0 spiro atoms. The molecule has 1 heterocycles. The maximum atomic E-state index is 13.6. The molecule has 1 aliphatic rings. The van der Waals surface area contributed by atoms with Gasteiger partial charge in [-0.1, -0.05) is 62.4 Å². The molecule has 0 aliphatic carbocycles. The van der Waals surface area contributed by atoms with Crippen LogP contribution in [0.4, 0.5) is 0 Å². The number of carbonyl (C=O) groups excluding carboxylic acids is 3. The molecule has 1 saturated heterocycles. The van der Waals surface area contributed by atoms with Crippen LogP contribution in [0.1, 0.15) is 42.6 Å². The lowest BCUT2D eigenvalue weighted by atomic mass is 9.73. The van der Waals surface area contributed by atoms with Crippen LogP contribution in [0.2, 0.25) is 0 Å². The first kappa shape index (κ1) is 25.5. The van der Waals surface area contributed by atoms with Crippen LogP contribution in [0.3, 0.4) is 0 Å². The summed E-state index contributed by atoms with van der Waals surface area (Å²) in [6.07, 6.45) is 1.39. The summed E-state index contributed by atoms with van der Waals surface area (Å²) in [4.78, 5) is 41.0. The van der Waals surface area contributed by atoms with Gasteiger partial charge in [0.25, 0.3) is 5.91 Å². The lowest BCUT2D eigenvalue weighted by molar-refractivity contribution is -0.140. The molecule has 0 unspecified atom stereocenters. The predicted molar refractivity (Wildman–Crippen MR) is 130 cm³/mol. The van der Waals surface area contributed by atoms with Gasteiger partial charge in [-0.25, -0.2) is 0 Å². The Labute approximate surface area is 200 Å². The zero-order valence-electron chi connectivity index (χ0n) is 19.6. The van der Waals surface area contributed by atoms with Crippen LogP contribution in [0.25, 0.3) is 0 Å². The van der Waals surface area contributed by atoms with E-state index < -0.39 is 31.1 Å². The Balaban J connectivity index is 1.79. The summed E-state index contributed by atoms with van der Waals surface area (Å²) < 4.78 is 0. The number of hydrogen-bond donors (Lipinski definition) is 4. The Morgan fingerprint density at radius 1 is 1.00 bits per heavy atom. The molecule has 0 aromatic heterocycles. The molecule has 3 atom stereocenters. The third-order valence-electron chi connectivity index (χ3n) is 6.11. The number of benzene rings is 2. The molecule has 2 aromatic carbocycles. The van der Waals surface area contributed by atoms with E-state index in [9.17, 15) is 24.4 Å². The molecule has 0 radical (unpaired) electrons. The van der Waals surface area contributed by atoms with E-state index in [1.807, 2.05) is 36.4 Å². The molecule has 2 aromatic rings. The minimum Gasteiger partial charge on any atom is -0.426 e. The SMILES string of the molecule is CC(C)[C@H](NC(=O)[C@@H]1CCCN1C(=O)[C@H](Cc1ccccc1)NC(=O)c1ccccc1)B(O)O. The van der Waals surface area contributed by atoms with E-state index in [-0.39, 0.29) is 24.2 Å². The number of hydrogen-bond acceptors (Lipinski definition) is 5. The minimum atomic E-state index is -1.70. The van der Waals surface area contributed by atoms with Crippen LogP contribution in [0, 0.1) is 5.92 Å². The van der Waals surface area contributed by atoms with Gasteiger partial charge >= 0.3 is 7.12 Å². The summed E-state index contributed by atoms with van der Waals surface area (Å²) in [5.74, 6) is -2.17. The van der Waals surface area contributed by atoms with E-state index in [1.54, 1.807) is 38.1 Å². The van der Waals surface area contributed by atoms with Crippen molar-refractivity contribution in [2.24, 2.45) is 5.92 Å². The molecule has 8 nitrogen and oxygen atoms in total. The van der Waals surface area contributed by atoms with Crippen molar-refractivity contribution in [3.63, 3.8) is 0 Å². The maximum Gasteiger partial charge on any atom is 0.475 e. The van der Waals surface area contributed by atoms with E-state index in [2.05, 4.69) is 10.6 Å². The van der Waals surface area contributed by atoms with Gasteiger partial charge in [-0.3, -0.25) is 14.4 Å². The maximum absolute atomic E-state index is 13.6. The van der Waals surface area contributed by atoms with Gasteiger partial charge in [0.2, 0.25) is 11.8 Å². The van der Waals surface area contributed by atoms with Gasteiger partial charge < -0.3 is 25.6 Å². The molecule has 3 rings (SSSR count). The summed E-state index contributed by atoms with van der Waals surface area (Å²) in [7, 11) is -1.70. The van der Waals surface area contributed by atoms with Gasteiger partial charge in [-0.2, -0.15) is 0 Å². The highest BCUT2D eigenvalue weighted by Gasteiger charge is 2.39. The number of amides is 3. The van der Waals surface area contributed by atoms with E-state index >= 15 is 0 Å². The Morgan fingerprint density at radius 3 is 2.21 bits per heavy atom. The average Bonchev–Trinajstić information content (AvgIpc) is 3.32. The highest BCUT2D eigenvalue weighted by Crippen LogP contribution is 2.21. The first-order valence-corrected chi connectivity index (χ1v) is 11.6. The molecule has 1 fully saturated rings. The zero-order valence-corrected chi connectivity index (χ0v) is 19.6. The standard InChI is InChI=1S/C25H32BN3O5/c1-17(2)22(26(33)34)28-24(31)21-14-9-15-29(21)25(32)20(16-18-10-5-3-6-11-18)27-23(30)19-12-7-4-8-13-19/h3-8,10-13,17,20-22,33-34H,9,14-16H2,1-2H3,(H,27,30)(H,28,31)/t20-,21-,22-/m0/s1. The number of carbonyl (C=O) groups is 3. The topological polar surface area (TPSA) is 119 Å². The van der Waals surface area contributed by atoms with Crippen molar-refractivity contribution < 1.29 is 24.4 Å². The van der Waals surface area contributed by atoms with Crippen LogP contribution in [0.15, 0.2) is 60.7 Å². The van der Waals surface area contributed by atoms with Crippen molar-refractivity contribution in [3.05, 3.63) is 71.8 Å². The lowest BCUT2D eigenvalue weighted by Gasteiger charge is -2.30. The number of nitrogens with one attached hydrogen (secondary N) is 2. The molecular formula is C25H32BN3O5. The van der Waals surface area contributed by atoms with Crippen molar-refractivity contribution >= 4 is 24.8 Å². The Kier molecular flexibility index (Phi) is 8.84. The normalized spacial score (nSPS) is 17.2. The average molecular weight is 465 g/mol. The highest BCUT2D eigenvalue weighted by molar-refractivity contribution is 6.43. The van der Waals surface area contributed by atoms with Crippen molar-refractivity contribution in [3.8, 4) is 0 Å². The van der Waals surface area contributed by atoms with Crippen LogP contribution in [-0.2, 0) is 16.0 Å². The summed E-state index contributed by atoms with van der Waals surface area (Å²) in [5.41, 5.74) is 1.33. The van der Waals surface area contributed by atoms with Crippen LogP contribution < -0.4 is 10.6 Å². The summed E-state index contributed by atoms with van der Waals surface area (Å²) in [6.45, 7) is 3.94. The van der Waals surface area contributed by atoms with Gasteiger partial charge in [-0.15, -0.1) is 0 Å². The summed E-state index contributed by atoms with van der Waals surface area (Å²) >= 11 is 0. The van der Waals surface area contributed by atoms with Crippen LogP contribution >= 0.6 is 0 Å². The fourth-order valence-electron chi connectivity index (χ4n) is 4.23. The van der Waals surface area contributed by atoms with Gasteiger partial charge in [0.05, 0.1) is 5.94 Å². The largest absolute Gasteiger partial charge is 0.475 e. The number of likely N-dealkylation sites (tertiary alicyclic amines) is 1. The lowest BCUT2D eigenvalue weighted by Crippen LogP contribution is -2.57. The second kappa shape index (κ2) is 11.8. The van der Waals surface area contributed by atoms with Crippen molar-refractivity contribution in [1.29, 1.82) is 0 Å². The first-order valence-electron chi connectivity index (χ1n) is 11.6. The molecule has 1 aliphatic heterocycles. The quantitative estimate of drug-likeness (QED) is 0.415. The van der Waals surface area contributed by atoms with E-state index in [4.69, 9.17) is 0 Å². The van der Waals surface area contributed by atoms with Crippen LogP contribution in [0.5, 0.6) is 0 Å². The van der Waals surface area contributed by atoms with E-state index in [0.29, 0.717) is 24.9 Å². The zero-order chi connectivity index (χ0) is 24.7. The van der Waals surface area contributed by atoms with Gasteiger partial charge in [0.15, 0.2) is 0 Å². The third-order valence-corrected chi connectivity index (χ3v) is 6.11. The number of nitrogens with zero attached hydrogens (tertiary/aromatic N) is 1. The van der Waals surface area contributed by atoms with Gasteiger partial charge in [-0.05, 0) is 36.5 Å². The molecule has 34 heavy (non-hydrogen) atoms. The minimum absolute atomic E-state index is 0.203. The van der Waals surface area contributed by atoms with Gasteiger partial charge in [0, 0.05) is 18.5 Å². The predicted octanol–water partition coefficient (Wildman–Crippen LogP) is 1.17. The third kappa shape index (κ3) is 6.45. The molecule has 0 saturated carbocycles. The van der Waals surface area contributed by atoms with Crippen molar-refractivity contribution in [1.82, 2.24) is 15.5 Å². The van der Waals surface area contributed by atoms with E-state index in [0.717, 1.165) is 5.56 Å². The fourth-order valence-corrected chi connectivity index (χ4v) is 4.23. The van der Waals surface area contributed by atoms with Crippen LogP contribution in [-0.4, -0.2) is 64.4 Å². The molecule has 4 N–H and O–H groups in total. The molecule has 180 valence electrons. The molecule has 9 heteroatoms. The molecule has 0 bridgehead atoms. The van der Waals surface area contributed by atoms with E-state index in [1.165, 1.54) is 4.90 Å². The highest BCUT2D eigenvalue weighted by atomic mass is 16.4. The monoisotopic (exact) mass is 465 g/mol. The Hall–Kier alpha value is -3.17. The second-order valence-electron chi connectivity index (χ2n) is 8.96. The van der Waals surface area contributed by atoms with Crippen molar-refractivity contribution in [2.75, 3.05) is 6.54 Å². The summed E-state index contributed by atoms with van der Waals surface area (Å²) in [5, 5.41) is 24.8. The Morgan fingerprint density at radius 2 is 1.62 bits per heavy atom. The van der Waals surface area contributed by atoms with Gasteiger partial charge in [0.1, 0.15) is 12.1 Å². The first-order chi connectivity index (χ1) is 16.3. The fraction of sp³-hybridized carbons (Fsp3) is 0.400. The Bertz CT molecular complexity index is 963.